The SMILES string of the molecule is CCOCCCn1c(C)c(C)c(-c2nc3ccccc3[nH]2)c1NC(=O)CC(C)C. The summed E-state index contributed by atoms with van der Waals surface area (Å²) >= 11 is 0. The number of imidazole rings is 1. The van der Waals surface area contributed by atoms with Crippen molar-refractivity contribution in [2.24, 2.45) is 5.92 Å². The summed E-state index contributed by atoms with van der Waals surface area (Å²) in [6, 6.07) is 7.99. The fraction of sp³-hybridized carbons (Fsp3) is 0.478. The Hall–Kier alpha value is -2.60. The number of hydrogen-bond acceptors (Lipinski definition) is 3. The van der Waals surface area contributed by atoms with Gasteiger partial charge in [-0.3, -0.25) is 4.79 Å². The van der Waals surface area contributed by atoms with E-state index in [0.29, 0.717) is 25.6 Å². The minimum atomic E-state index is 0.0286. The molecule has 0 saturated heterocycles. The van der Waals surface area contributed by atoms with Crippen LogP contribution in [0.25, 0.3) is 22.4 Å². The fourth-order valence-corrected chi connectivity index (χ4v) is 3.66. The van der Waals surface area contributed by atoms with E-state index < -0.39 is 0 Å². The molecule has 0 aliphatic heterocycles. The van der Waals surface area contributed by atoms with E-state index >= 15 is 0 Å². The van der Waals surface area contributed by atoms with Crippen molar-refractivity contribution in [2.75, 3.05) is 18.5 Å². The second-order valence-corrected chi connectivity index (χ2v) is 7.88. The van der Waals surface area contributed by atoms with E-state index in [4.69, 9.17) is 9.72 Å². The van der Waals surface area contributed by atoms with Gasteiger partial charge in [0.1, 0.15) is 11.6 Å². The number of carbonyl (C=O) groups is 1. The number of fused-ring (bicyclic) bond motifs is 1. The zero-order valence-electron chi connectivity index (χ0n) is 18.1. The van der Waals surface area contributed by atoms with Crippen LogP contribution in [0.2, 0.25) is 0 Å². The Kier molecular flexibility index (Phi) is 6.75. The molecule has 0 unspecified atom stereocenters. The third kappa shape index (κ3) is 4.70. The molecule has 0 radical (unpaired) electrons. The standard InChI is InChI=1S/C23H32N4O2/c1-6-29-13-9-12-27-17(5)16(4)21(23(27)26-20(28)14-15(2)3)22-24-18-10-7-8-11-19(18)25-22/h7-8,10-11,15H,6,9,12-14H2,1-5H3,(H,24,25)(H,26,28). The number of nitrogens with zero attached hydrogens (tertiary/aromatic N) is 2. The van der Waals surface area contributed by atoms with E-state index in [1.165, 1.54) is 0 Å². The van der Waals surface area contributed by atoms with E-state index in [-0.39, 0.29) is 5.91 Å². The summed E-state index contributed by atoms with van der Waals surface area (Å²) in [6.45, 7) is 12.5. The highest BCUT2D eigenvalue weighted by molar-refractivity contribution is 5.96. The van der Waals surface area contributed by atoms with Crippen molar-refractivity contribution in [2.45, 2.75) is 54.0 Å². The lowest BCUT2D eigenvalue weighted by Crippen LogP contribution is -2.18. The van der Waals surface area contributed by atoms with Gasteiger partial charge < -0.3 is 19.6 Å². The summed E-state index contributed by atoms with van der Waals surface area (Å²) in [5.41, 5.74) is 5.13. The van der Waals surface area contributed by atoms with Gasteiger partial charge in [0.2, 0.25) is 5.91 Å². The van der Waals surface area contributed by atoms with Gasteiger partial charge >= 0.3 is 0 Å². The molecular formula is C23H32N4O2. The molecule has 0 saturated carbocycles. The average Bonchev–Trinajstić information content (AvgIpc) is 3.18. The molecule has 2 aromatic heterocycles. The summed E-state index contributed by atoms with van der Waals surface area (Å²) in [6.07, 6.45) is 1.37. The van der Waals surface area contributed by atoms with E-state index in [1.807, 2.05) is 31.2 Å². The second-order valence-electron chi connectivity index (χ2n) is 7.88. The van der Waals surface area contributed by atoms with Crippen molar-refractivity contribution in [3.8, 4) is 11.4 Å². The number of ether oxygens (including phenoxy) is 1. The Morgan fingerprint density at radius 1 is 1.28 bits per heavy atom. The lowest BCUT2D eigenvalue weighted by Gasteiger charge is -2.14. The lowest BCUT2D eigenvalue weighted by molar-refractivity contribution is -0.116. The maximum Gasteiger partial charge on any atom is 0.225 e. The Morgan fingerprint density at radius 3 is 2.72 bits per heavy atom. The zero-order valence-corrected chi connectivity index (χ0v) is 18.1. The number of anilines is 1. The summed E-state index contributed by atoms with van der Waals surface area (Å²) in [7, 11) is 0. The Labute approximate surface area is 172 Å². The highest BCUT2D eigenvalue weighted by Gasteiger charge is 2.23. The van der Waals surface area contributed by atoms with Crippen molar-refractivity contribution < 1.29 is 9.53 Å². The van der Waals surface area contributed by atoms with Crippen LogP contribution in [-0.2, 0) is 16.1 Å². The molecule has 0 fully saturated rings. The van der Waals surface area contributed by atoms with Crippen LogP contribution < -0.4 is 5.32 Å². The predicted molar refractivity (Wildman–Crippen MR) is 118 cm³/mol. The molecule has 156 valence electrons. The van der Waals surface area contributed by atoms with Crippen LogP contribution in [0.15, 0.2) is 24.3 Å². The van der Waals surface area contributed by atoms with Gasteiger partial charge in [-0.05, 0) is 50.8 Å². The number of aromatic amines is 1. The summed E-state index contributed by atoms with van der Waals surface area (Å²) in [5, 5.41) is 3.18. The van der Waals surface area contributed by atoms with Gasteiger partial charge in [0.25, 0.3) is 0 Å². The average molecular weight is 397 g/mol. The first-order valence-electron chi connectivity index (χ1n) is 10.4. The smallest absolute Gasteiger partial charge is 0.225 e. The number of benzene rings is 1. The first-order valence-corrected chi connectivity index (χ1v) is 10.4. The number of aromatic nitrogens is 3. The molecule has 3 aromatic rings. The molecule has 1 amide bonds. The van der Waals surface area contributed by atoms with Crippen LogP contribution in [0.5, 0.6) is 0 Å². The van der Waals surface area contributed by atoms with Gasteiger partial charge in [0.15, 0.2) is 0 Å². The first-order chi connectivity index (χ1) is 13.9. The Balaban J connectivity index is 2.04. The quantitative estimate of drug-likeness (QED) is 0.497. The third-order valence-corrected chi connectivity index (χ3v) is 5.18. The number of hydrogen-bond donors (Lipinski definition) is 2. The number of para-hydroxylation sites is 2. The number of amides is 1. The van der Waals surface area contributed by atoms with Crippen LogP contribution in [0.4, 0.5) is 5.82 Å². The van der Waals surface area contributed by atoms with E-state index in [0.717, 1.165) is 52.5 Å². The van der Waals surface area contributed by atoms with Gasteiger partial charge in [-0.2, -0.15) is 0 Å². The molecule has 6 heteroatoms. The molecule has 29 heavy (non-hydrogen) atoms. The van der Waals surface area contributed by atoms with Gasteiger partial charge in [0, 0.05) is 31.9 Å². The second kappa shape index (κ2) is 9.27. The molecule has 0 atom stereocenters. The van der Waals surface area contributed by atoms with Gasteiger partial charge in [-0.25, -0.2) is 4.98 Å². The molecular weight excluding hydrogens is 364 g/mol. The van der Waals surface area contributed by atoms with E-state index in [2.05, 4.69) is 42.6 Å². The predicted octanol–water partition coefficient (Wildman–Crippen LogP) is 5.06. The summed E-state index contributed by atoms with van der Waals surface area (Å²) in [5.74, 6) is 1.94. The highest BCUT2D eigenvalue weighted by atomic mass is 16.5. The molecule has 0 bridgehead atoms. The third-order valence-electron chi connectivity index (χ3n) is 5.18. The normalized spacial score (nSPS) is 11.5. The van der Waals surface area contributed by atoms with Gasteiger partial charge in [-0.1, -0.05) is 26.0 Å². The molecule has 3 rings (SSSR count). The molecule has 1 aromatic carbocycles. The molecule has 2 heterocycles. The lowest BCUT2D eigenvalue weighted by atomic mass is 10.1. The molecule has 0 aliphatic rings. The fourth-order valence-electron chi connectivity index (χ4n) is 3.66. The van der Waals surface area contributed by atoms with Crippen molar-refractivity contribution >= 4 is 22.8 Å². The minimum absolute atomic E-state index is 0.0286. The Bertz CT molecular complexity index is 951. The highest BCUT2D eigenvalue weighted by Crippen LogP contribution is 2.36. The maximum atomic E-state index is 12.6. The van der Waals surface area contributed by atoms with Crippen LogP contribution in [0, 0.1) is 19.8 Å². The molecule has 0 aliphatic carbocycles. The van der Waals surface area contributed by atoms with Crippen LogP contribution >= 0.6 is 0 Å². The van der Waals surface area contributed by atoms with Crippen molar-refractivity contribution in [1.29, 1.82) is 0 Å². The molecule has 0 spiro atoms. The van der Waals surface area contributed by atoms with Crippen LogP contribution in [-0.4, -0.2) is 33.7 Å². The topological polar surface area (TPSA) is 71.9 Å². The minimum Gasteiger partial charge on any atom is -0.382 e. The summed E-state index contributed by atoms with van der Waals surface area (Å²) in [4.78, 5) is 20.9. The number of rotatable bonds is 9. The number of H-pyrrole nitrogens is 1. The zero-order chi connectivity index (χ0) is 21.0. The van der Waals surface area contributed by atoms with E-state index in [1.54, 1.807) is 0 Å². The van der Waals surface area contributed by atoms with Gasteiger partial charge in [0.05, 0.1) is 16.6 Å². The molecule has 6 nitrogen and oxygen atoms in total. The number of carbonyl (C=O) groups excluding carboxylic acids is 1. The van der Waals surface area contributed by atoms with Gasteiger partial charge in [-0.15, -0.1) is 0 Å². The summed E-state index contributed by atoms with van der Waals surface area (Å²) < 4.78 is 7.70. The Morgan fingerprint density at radius 2 is 2.03 bits per heavy atom. The maximum absolute atomic E-state index is 12.6. The van der Waals surface area contributed by atoms with Crippen molar-refractivity contribution in [1.82, 2.24) is 14.5 Å². The number of nitrogens with one attached hydrogen (secondary N) is 2. The molecule has 2 N–H and O–H groups in total. The largest absolute Gasteiger partial charge is 0.382 e. The van der Waals surface area contributed by atoms with E-state index in [9.17, 15) is 4.79 Å². The van der Waals surface area contributed by atoms with Crippen molar-refractivity contribution in [3.05, 3.63) is 35.5 Å². The van der Waals surface area contributed by atoms with Crippen LogP contribution in [0.3, 0.4) is 0 Å². The van der Waals surface area contributed by atoms with Crippen molar-refractivity contribution in [3.63, 3.8) is 0 Å². The van der Waals surface area contributed by atoms with Crippen LogP contribution in [0.1, 0.15) is 44.9 Å². The monoisotopic (exact) mass is 396 g/mol. The first kappa shape index (κ1) is 21.1.